The average Bonchev–Trinajstić information content (AvgIpc) is 3.23. The molecule has 0 unspecified atom stereocenters. The molecule has 0 aromatic heterocycles. The third-order valence-corrected chi connectivity index (χ3v) is 6.90. The van der Waals surface area contributed by atoms with E-state index in [9.17, 15) is 19.2 Å². The van der Waals surface area contributed by atoms with Gasteiger partial charge in [-0.15, -0.1) is 0 Å². The molecule has 2 aliphatic rings. The van der Waals surface area contributed by atoms with Crippen LogP contribution in [-0.2, 0) is 40.7 Å². The van der Waals surface area contributed by atoms with E-state index in [0.717, 1.165) is 16.0 Å². The van der Waals surface area contributed by atoms with Gasteiger partial charge >= 0.3 is 11.9 Å². The number of allylic oxidation sites excluding steroid dienone is 1. The number of benzene rings is 2. The Kier molecular flexibility index (Phi) is 6.95. The number of rotatable bonds is 5. The molecular weight excluding hydrogens is 484 g/mol. The molecule has 2 heterocycles. The Morgan fingerprint density at radius 1 is 1.03 bits per heavy atom. The second-order valence-corrected chi connectivity index (χ2v) is 10.7. The lowest BCUT2D eigenvalue weighted by Crippen LogP contribution is -2.56. The van der Waals surface area contributed by atoms with Crippen LogP contribution in [-0.4, -0.2) is 40.9 Å². The number of aryl methyl sites for hydroxylation is 1. The third-order valence-electron chi connectivity index (χ3n) is 6.90. The Labute approximate surface area is 223 Å². The molecule has 2 amide bonds. The van der Waals surface area contributed by atoms with Gasteiger partial charge in [0.15, 0.2) is 5.54 Å². The predicted molar refractivity (Wildman–Crippen MR) is 142 cm³/mol. The fourth-order valence-electron chi connectivity index (χ4n) is 5.50. The molecule has 4 rings (SSSR count). The largest absolute Gasteiger partial charge is 0.465 e. The minimum atomic E-state index is -1.72. The summed E-state index contributed by atoms with van der Waals surface area (Å²) in [4.78, 5) is 57.8. The smallest absolute Gasteiger partial charge is 0.337 e. The van der Waals surface area contributed by atoms with Crippen molar-refractivity contribution in [3.63, 3.8) is 0 Å². The molecule has 38 heavy (non-hydrogen) atoms. The van der Waals surface area contributed by atoms with E-state index in [1.807, 2.05) is 49.4 Å². The van der Waals surface area contributed by atoms with Crippen molar-refractivity contribution in [3.05, 3.63) is 76.5 Å². The molecular formula is C30H34N2O6. The van der Waals surface area contributed by atoms with Crippen molar-refractivity contribution in [2.45, 2.75) is 66.2 Å². The van der Waals surface area contributed by atoms with Gasteiger partial charge < -0.3 is 14.4 Å². The van der Waals surface area contributed by atoms with E-state index in [1.54, 1.807) is 45.6 Å². The standard InChI is InChI=1S/C30H34N2O6/c1-8-37-27(35)25-24(26(34)38-29(5,6)7)19(3)31(17-21-12-10-9-11-13-21)30(25)22-16-18(2)14-15-23(22)32(20(4)33)28(30)36/h9-16,25H,8,17H2,1-7H3/t25-,30+/m1/s1. The Hall–Kier alpha value is -3.94. The number of hydrogen-bond acceptors (Lipinski definition) is 7. The summed E-state index contributed by atoms with van der Waals surface area (Å²) in [6.07, 6.45) is 0. The van der Waals surface area contributed by atoms with Crippen molar-refractivity contribution in [3.8, 4) is 0 Å². The number of hydrogen-bond donors (Lipinski definition) is 0. The highest BCUT2D eigenvalue weighted by Gasteiger charge is 2.68. The summed E-state index contributed by atoms with van der Waals surface area (Å²) in [7, 11) is 0. The minimum absolute atomic E-state index is 0.0516. The first-order chi connectivity index (χ1) is 17.8. The van der Waals surface area contributed by atoms with Gasteiger partial charge in [0.1, 0.15) is 11.5 Å². The number of ether oxygens (including phenoxy) is 2. The molecule has 200 valence electrons. The van der Waals surface area contributed by atoms with E-state index in [1.165, 1.54) is 6.92 Å². The van der Waals surface area contributed by atoms with Gasteiger partial charge in [-0.1, -0.05) is 48.0 Å². The summed E-state index contributed by atoms with van der Waals surface area (Å²) in [5.74, 6) is -3.86. The highest BCUT2D eigenvalue weighted by atomic mass is 16.6. The van der Waals surface area contributed by atoms with Gasteiger partial charge in [0, 0.05) is 24.7 Å². The first kappa shape index (κ1) is 27.1. The van der Waals surface area contributed by atoms with Crippen LogP contribution in [0.2, 0.25) is 0 Å². The lowest BCUT2D eigenvalue weighted by molar-refractivity contribution is -0.159. The summed E-state index contributed by atoms with van der Waals surface area (Å²) in [5.41, 5.74) is 0.486. The quantitative estimate of drug-likeness (QED) is 0.542. The molecule has 2 atom stereocenters. The third kappa shape index (κ3) is 4.27. The Balaban J connectivity index is 2.07. The second-order valence-electron chi connectivity index (χ2n) is 10.7. The molecule has 0 saturated heterocycles. The van der Waals surface area contributed by atoms with Crippen LogP contribution in [0.15, 0.2) is 59.8 Å². The summed E-state index contributed by atoms with van der Waals surface area (Å²) >= 11 is 0. The monoisotopic (exact) mass is 518 g/mol. The number of carbonyl (C=O) groups is 4. The zero-order valence-electron chi connectivity index (χ0n) is 23.0. The van der Waals surface area contributed by atoms with Gasteiger partial charge in [-0.3, -0.25) is 14.4 Å². The first-order valence-corrected chi connectivity index (χ1v) is 12.7. The molecule has 0 N–H and O–H groups in total. The Morgan fingerprint density at radius 2 is 1.68 bits per heavy atom. The van der Waals surface area contributed by atoms with Gasteiger partial charge in [-0.05, 0) is 53.2 Å². The van der Waals surface area contributed by atoms with Crippen LogP contribution in [0.3, 0.4) is 0 Å². The SMILES string of the molecule is CCOC(=O)[C@H]1C(C(=O)OC(C)(C)C)=C(C)N(Cc2ccccc2)[C@]12C(=O)N(C(C)=O)c1ccc(C)cc12. The molecule has 8 heteroatoms. The van der Waals surface area contributed by atoms with Crippen molar-refractivity contribution in [2.75, 3.05) is 11.5 Å². The molecule has 0 bridgehead atoms. The van der Waals surface area contributed by atoms with Crippen molar-refractivity contribution < 1.29 is 28.7 Å². The van der Waals surface area contributed by atoms with E-state index in [2.05, 4.69) is 0 Å². The van der Waals surface area contributed by atoms with Gasteiger partial charge in [-0.2, -0.15) is 0 Å². The first-order valence-electron chi connectivity index (χ1n) is 12.7. The Bertz CT molecular complexity index is 1340. The molecule has 8 nitrogen and oxygen atoms in total. The van der Waals surface area contributed by atoms with Gasteiger partial charge in [-0.25, -0.2) is 9.69 Å². The number of anilines is 1. The summed E-state index contributed by atoms with van der Waals surface area (Å²) in [6.45, 7) is 12.0. The maximum Gasteiger partial charge on any atom is 0.337 e. The summed E-state index contributed by atoms with van der Waals surface area (Å²) < 4.78 is 11.2. The molecule has 0 saturated carbocycles. The van der Waals surface area contributed by atoms with E-state index in [-0.39, 0.29) is 18.7 Å². The normalized spacial score (nSPS) is 20.7. The van der Waals surface area contributed by atoms with Crippen LogP contribution < -0.4 is 4.90 Å². The summed E-state index contributed by atoms with van der Waals surface area (Å²) in [6, 6.07) is 14.8. The topological polar surface area (TPSA) is 93.2 Å². The van der Waals surface area contributed by atoms with E-state index < -0.39 is 40.8 Å². The van der Waals surface area contributed by atoms with Gasteiger partial charge in [0.25, 0.3) is 5.91 Å². The number of esters is 2. The maximum atomic E-state index is 14.5. The minimum Gasteiger partial charge on any atom is -0.465 e. The summed E-state index contributed by atoms with van der Waals surface area (Å²) in [5, 5.41) is 0. The van der Waals surface area contributed by atoms with Gasteiger partial charge in [0.05, 0.1) is 17.9 Å². The predicted octanol–water partition coefficient (Wildman–Crippen LogP) is 4.39. The highest BCUT2D eigenvalue weighted by Crippen LogP contribution is 2.57. The number of carbonyl (C=O) groups excluding carboxylic acids is 4. The fraction of sp³-hybridized carbons (Fsp3) is 0.400. The lowest BCUT2D eigenvalue weighted by atomic mass is 9.76. The Morgan fingerprint density at radius 3 is 2.26 bits per heavy atom. The van der Waals surface area contributed by atoms with E-state index >= 15 is 0 Å². The molecule has 0 fully saturated rings. The van der Waals surface area contributed by atoms with Crippen molar-refractivity contribution >= 4 is 29.4 Å². The molecule has 1 spiro atoms. The lowest BCUT2D eigenvalue weighted by Gasteiger charge is -2.40. The maximum absolute atomic E-state index is 14.5. The zero-order chi connectivity index (χ0) is 28.0. The van der Waals surface area contributed by atoms with Crippen LogP contribution in [0.5, 0.6) is 0 Å². The van der Waals surface area contributed by atoms with Gasteiger partial charge in [0.2, 0.25) is 5.91 Å². The molecule has 2 aliphatic heterocycles. The number of nitrogens with zero attached hydrogens (tertiary/aromatic N) is 2. The zero-order valence-corrected chi connectivity index (χ0v) is 23.0. The van der Waals surface area contributed by atoms with E-state index in [0.29, 0.717) is 16.9 Å². The van der Waals surface area contributed by atoms with Crippen LogP contribution in [0.1, 0.15) is 58.2 Å². The molecule has 0 aliphatic carbocycles. The number of imide groups is 1. The van der Waals surface area contributed by atoms with Crippen molar-refractivity contribution in [1.29, 1.82) is 0 Å². The highest BCUT2D eigenvalue weighted by molar-refractivity contribution is 6.24. The second kappa shape index (κ2) is 9.74. The van der Waals surface area contributed by atoms with Crippen LogP contribution in [0.25, 0.3) is 0 Å². The molecule has 2 aromatic rings. The number of fused-ring (bicyclic) bond motifs is 2. The van der Waals surface area contributed by atoms with Crippen molar-refractivity contribution in [2.24, 2.45) is 5.92 Å². The van der Waals surface area contributed by atoms with E-state index in [4.69, 9.17) is 9.47 Å². The average molecular weight is 519 g/mol. The van der Waals surface area contributed by atoms with Crippen LogP contribution >= 0.6 is 0 Å². The molecule has 0 radical (unpaired) electrons. The van der Waals surface area contributed by atoms with Crippen LogP contribution in [0.4, 0.5) is 5.69 Å². The number of amides is 2. The van der Waals surface area contributed by atoms with Crippen LogP contribution in [0, 0.1) is 12.8 Å². The molecule has 2 aromatic carbocycles. The van der Waals surface area contributed by atoms with Crippen molar-refractivity contribution in [1.82, 2.24) is 4.90 Å². The fourth-order valence-corrected chi connectivity index (χ4v) is 5.50.